The third kappa shape index (κ3) is 5.10. The van der Waals surface area contributed by atoms with E-state index in [1.807, 2.05) is 28.8 Å². The minimum atomic E-state index is -1.07. The first kappa shape index (κ1) is 29.3. The van der Waals surface area contributed by atoms with Crippen molar-refractivity contribution in [1.29, 1.82) is 0 Å². The minimum absolute atomic E-state index is 0.0910. The Morgan fingerprint density at radius 3 is 2.67 bits per heavy atom. The van der Waals surface area contributed by atoms with E-state index in [0.29, 0.717) is 41.7 Å². The van der Waals surface area contributed by atoms with Gasteiger partial charge in [-0.1, -0.05) is 59.6 Å². The molecule has 3 heterocycles. The van der Waals surface area contributed by atoms with Gasteiger partial charge in [0, 0.05) is 30.8 Å². The quantitative estimate of drug-likeness (QED) is 0.202. The van der Waals surface area contributed by atoms with Gasteiger partial charge >= 0.3 is 5.97 Å². The van der Waals surface area contributed by atoms with Crippen molar-refractivity contribution >= 4 is 57.5 Å². The zero-order valence-corrected chi connectivity index (χ0v) is 25.5. The number of nitrogens with one attached hydrogen (secondary N) is 1. The molecule has 0 spiro atoms. The van der Waals surface area contributed by atoms with E-state index >= 15 is 4.39 Å². The fourth-order valence-electron chi connectivity index (χ4n) is 6.75. The summed E-state index contributed by atoms with van der Waals surface area (Å²) in [6.07, 6.45) is 0. The molecule has 0 saturated carbocycles. The van der Waals surface area contributed by atoms with Crippen LogP contribution >= 0.6 is 23.2 Å². The zero-order valence-electron chi connectivity index (χ0n) is 24.0. The Balaban J connectivity index is 1.46. The first-order chi connectivity index (χ1) is 21.7. The zero-order chi connectivity index (χ0) is 31.4. The molecule has 2 aliphatic rings. The number of fused-ring (bicyclic) bond motifs is 6. The van der Waals surface area contributed by atoms with Gasteiger partial charge in [-0.25, -0.2) is 14.2 Å². The van der Waals surface area contributed by atoms with Crippen molar-refractivity contribution in [2.45, 2.75) is 37.6 Å². The molecule has 2 N–H and O–H groups in total. The van der Waals surface area contributed by atoms with Gasteiger partial charge in [0.05, 0.1) is 57.5 Å². The van der Waals surface area contributed by atoms with Gasteiger partial charge in [-0.05, 0) is 53.6 Å². The fourth-order valence-corrected chi connectivity index (χ4v) is 7.11. The first-order valence-corrected chi connectivity index (χ1v) is 15.1. The average Bonchev–Trinajstić information content (AvgIpc) is 3.54. The summed E-state index contributed by atoms with van der Waals surface area (Å²) in [5.41, 5.74) is 4.76. The molecule has 1 amide bonds. The van der Waals surface area contributed by atoms with Crippen LogP contribution in [0, 0.1) is 5.82 Å². The average molecular weight is 646 g/mol. The van der Waals surface area contributed by atoms with E-state index in [9.17, 15) is 14.7 Å². The topological polar surface area (TPSA) is 96.7 Å². The number of ether oxygens (including phenoxy) is 1. The molecule has 4 aromatic carbocycles. The van der Waals surface area contributed by atoms with Crippen molar-refractivity contribution in [3.05, 3.63) is 123 Å². The monoisotopic (exact) mass is 644 g/mol. The number of hydrogen-bond acceptors (Lipinski definition) is 5. The molecular weight excluding hydrogens is 618 g/mol. The number of aromatic nitrogens is 2. The van der Waals surface area contributed by atoms with Crippen LogP contribution in [0.25, 0.3) is 11.0 Å². The molecule has 45 heavy (non-hydrogen) atoms. The predicted molar refractivity (Wildman–Crippen MR) is 171 cm³/mol. The van der Waals surface area contributed by atoms with Crippen LogP contribution in [0.15, 0.2) is 78.9 Å². The number of imidazole rings is 1. The van der Waals surface area contributed by atoms with Gasteiger partial charge in [0.1, 0.15) is 11.6 Å². The van der Waals surface area contributed by atoms with E-state index in [-0.39, 0.29) is 22.2 Å². The molecule has 8 nitrogen and oxygen atoms in total. The lowest BCUT2D eigenvalue weighted by Crippen LogP contribution is -2.45. The van der Waals surface area contributed by atoms with Gasteiger partial charge in [0.25, 0.3) is 0 Å². The number of methoxy groups -OCH3 is 1. The number of halogens is 3. The van der Waals surface area contributed by atoms with Crippen LogP contribution in [-0.2, 0) is 29.2 Å². The number of carboxylic acids is 1. The molecule has 228 valence electrons. The summed E-state index contributed by atoms with van der Waals surface area (Å²) in [6.45, 7) is 1.33. The Hall–Kier alpha value is -4.44. The summed E-state index contributed by atoms with van der Waals surface area (Å²) < 4.78 is 23.2. The fraction of sp³-hybridized carbons (Fsp3) is 0.206. The molecule has 1 aromatic heterocycles. The second-order valence-corrected chi connectivity index (χ2v) is 12.2. The van der Waals surface area contributed by atoms with Gasteiger partial charge < -0.3 is 24.6 Å². The van der Waals surface area contributed by atoms with Gasteiger partial charge in [-0.15, -0.1) is 0 Å². The number of carbonyl (C=O) groups is 2. The van der Waals surface area contributed by atoms with Crippen molar-refractivity contribution in [2.24, 2.45) is 0 Å². The summed E-state index contributed by atoms with van der Waals surface area (Å²) in [4.78, 5) is 33.1. The highest BCUT2D eigenvalue weighted by atomic mass is 35.5. The number of hydrogen-bond donors (Lipinski definition) is 2. The predicted octanol–water partition coefficient (Wildman–Crippen LogP) is 7.24. The molecule has 5 aromatic rings. The largest absolute Gasteiger partial charge is 0.478 e. The number of anilines is 2. The molecule has 0 unspecified atom stereocenters. The van der Waals surface area contributed by atoms with E-state index in [1.165, 1.54) is 18.2 Å². The van der Waals surface area contributed by atoms with Crippen LogP contribution in [-0.4, -0.2) is 39.7 Å². The Morgan fingerprint density at radius 2 is 1.87 bits per heavy atom. The maximum absolute atomic E-state index is 15.8. The van der Waals surface area contributed by atoms with Crippen LogP contribution in [0.2, 0.25) is 10.0 Å². The number of nitrogens with zero attached hydrogens (tertiary/aromatic N) is 3. The SMILES string of the molecule is COCc1cccc(CN2c3ccc(Cl)cc3NC(=O)[C@H](c3cccc(Cl)c3F)[C@H]3c4nc5cc(C(=O)O)ccc5n4C[C@H]32)c1. The number of carboxylic acid groups (broad SMARTS) is 1. The van der Waals surface area contributed by atoms with Crippen LogP contribution < -0.4 is 10.2 Å². The number of amides is 1. The summed E-state index contributed by atoms with van der Waals surface area (Å²) >= 11 is 12.7. The lowest BCUT2D eigenvalue weighted by molar-refractivity contribution is -0.118. The minimum Gasteiger partial charge on any atom is -0.478 e. The number of carbonyl (C=O) groups excluding carboxylic acids is 1. The van der Waals surface area contributed by atoms with Crippen molar-refractivity contribution in [3.63, 3.8) is 0 Å². The third-order valence-corrected chi connectivity index (χ3v) is 9.17. The van der Waals surface area contributed by atoms with E-state index in [2.05, 4.69) is 16.3 Å². The summed E-state index contributed by atoms with van der Waals surface area (Å²) in [5.74, 6) is -3.27. The number of rotatable bonds is 6. The van der Waals surface area contributed by atoms with Crippen molar-refractivity contribution in [2.75, 3.05) is 17.3 Å². The highest BCUT2D eigenvalue weighted by molar-refractivity contribution is 6.31. The first-order valence-electron chi connectivity index (χ1n) is 14.3. The van der Waals surface area contributed by atoms with Crippen LogP contribution in [0.1, 0.15) is 44.7 Å². The smallest absolute Gasteiger partial charge is 0.335 e. The van der Waals surface area contributed by atoms with Gasteiger partial charge in [0.15, 0.2) is 0 Å². The Bertz CT molecular complexity index is 2000. The Labute approximate surface area is 268 Å². The standard InChI is InChI=1S/C34H27Cl2FN4O4/c1-45-17-19-5-2-4-18(12-19)15-40-26-11-9-21(35)14-25(26)39-33(42)29(22-6-3-7-23(36)31(22)37)30-28(40)16-41-27-10-8-20(34(43)44)13-24(27)38-32(30)41/h2-14,28-30H,15-17H2,1H3,(H,39,42)(H,43,44)/t28-,29-,30+/m1/s1. The Morgan fingerprint density at radius 1 is 1.07 bits per heavy atom. The van der Waals surface area contributed by atoms with E-state index in [4.69, 9.17) is 32.9 Å². The van der Waals surface area contributed by atoms with Gasteiger partial charge in [-0.3, -0.25) is 4.79 Å². The molecular formula is C34H27Cl2FN4O4. The summed E-state index contributed by atoms with van der Waals surface area (Å²) in [6, 6.07) is 22.5. The Kier molecular flexibility index (Phi) is 7.47. The molecule has 7 rings (SSSR count). The molecule has 0 bridgehead atoms. The molecule has 11 heteroatoms. The summed E-state index contributed by atoms with van der Waals surface area (Å²) in [7, 11) is 1.65. The normalized spacial score (nSPS) is 19.0. The number of benzene rings is 4. The summed E-state index contributed by atoms with van der Waals surface area (Å²) in [5, 5.41) is 13.0. The van der Waals surface area contributed by atoms with Gasteiger partial charge in [0.2, 0.25) is 5.91 Å². The van der Waals surface area contributed by atoms with Crippen LogP contribution in [0.4, 0.5) is 15.8 Å². The lowest BCUT2D eigenvalue weighted by Gasteiger charge is -2.40. The molecule has 3 atom stereocenters. The third-order valence-electron chi connectivity index (χ3n) is 8.65. The van der Waals surface area contributed by atoms with Crippen LogP contribution in [0.5, 0.6) is 0 Å². The molecule has 0 fully saturated rings. The molecule has 0 saturated heterocycles. The maximum Gasteiger partial charge on any atom is 0.335 e. The van der Waals surface area contributed by atoms with Crippen molar-refractivity contribution in [3.8, 4) is 0 Å². The van der Waals surface area contributed by atoms with E-state index in [1.54, 1.807) is 37.4 Å². The van der Waals surface area contributed by atoms with Crippen molar-refractivity contribution < 1.29 is 23.8 Å². The van der Waals surface area contributed by atoms with Crippen molar-refractivity contribution in [1.82, 2.24) is 9.55 Å². The second-order valence-electron chi connectivity index (χ2n) is 11.3. The van der Waals surface area contributed by atoms with E-state index < -0.39 is 29.5 Å². The van der Waals surface area contributed by atoms with Crippen LogP contribution in [0.3, 0.4) is 0 Å². The molecule has 0 radical (unpaired) electrons. The maximum atomic E-state index is 15.8. The second kappa shape index (κ2) is 11.5. The number of aromatic carboxylic acids is 1. The van der Waals surface area contributed by atoms with Gasteiger partial charge in [-0.2, -0.15) is 0 Å². The highest BCUT2D eigenvalue weighted by Gasteiger charge is 2.49. The molecule has 2 aliphatic heterocycles. The van der Waals surface area contributed by atoms with E-state index in [0.717, 1.165) is 22.3 Å². The lowest BCUT2D eigenvalue weighted by atomic mass is 9.79. The molecule has 0 aliphatic carbocycles. The highest BCUT2D eigenvalue weighted by Crippen LogP contribution is 2.49.